The van der Waals surface area contributed by atoms with Crippen molar-refractivity contribution in [2.24, 2.45) is 5.92 Å². The van der Waals surface area contributed by atoms with Crippen LogP contribution in [-0.4, -0.2) is 50.3 Å². The highest BCUT2D eigenvalue weighted by atomic mass is 16.5. The zero-order chi connectivity index (χ0) is 14.8. The van der Waals surface area contributed by atoms with Gasteiger partial charge in [0, 0.05) is 13.2 Å². The van der Waals surface area contributed by atoms with E-state index in [0.717, 1.165) is 58.0 Å². The largest absolute Gasteiger partial charge is 0.380 e. The van der Waals surface area contributed by atoms with Gasteiger partial charge in [-0.25, -0.2) is 0 Å². The zero-order valence-corrected chi connectivity index (χ0v) is 13.5. The third-order valence-electron chi connectivity index (χ3n) is 4.14. The number of ether oxygens (including phenoxy) is 1. The van der Waals surface area contributed by atoms with Gasteiger partial charge in [-0.15, -0.1) is 0 Å². The number of nitrogens with zero attached hydrogens (tertiary/aromatic N) is 2. The molecule has 0 amide bonds. The summed E-state index contributed by atoms with van der Waals surface area (Å²) >= 11 is 0. The molecule has 1 N–H and O–H groups in total. The second-order valence-electron chi connectivity index (χ2n) is 6.00. The summed E-state index contributed by atoms with van der Waals surface area (Å²) in [6.07, 6.45) is 5.54. The van der Waals surface area contributed by atoms with E-state index in [1.165, 1.54) is 12.8 Å². The highest BCUT2D eigenvalue weighted by molar-refractivity contribution is 5.05. The lowest BCUT2D eigenvalue weighted by Gasteiger charge is -2.27. The van der Waals surface area contributed by atoms with E-state index in [-0.39, 0.29) is 5.54 Å². The molecule has 116 valence electrons. The molecule has 0 aromatic rings. The van der Waals surface area contributed by atoms with E-state index in [0.29, 0.717) is 0 Å². The van der Waals surface area contributed by atoms with Crippen LogP contribution in [0.1, 0.15) is 46.0 Å². The molecule has 1 rings (SSSR count). The fourth-order valence-electron chi connectivity index (χ4n) is 2.42. The first-order valence-corrected chi connectivity index (χ1v) is 8.08. The summed E-state index contributed by atoms with van der Waals surface area (Å²) in [6.45, 7) is 8.79. The fourth-order valence-corrected chi connectivity index (χ4v) is 2.42. The molecule has 1 aliphatic rings. The number of hydrogen-bond acceptors (Lipinski definition) is 4. The lowest BCUT2D eigenvalue weighted by atomic mass is 9.92. The molecule has 20 heavy (non-hydrogen) atoms. The summed E-state index contributed by atoms with van der Waals surface area (Å²) in [4.78, 5) is 2.30. The van der Waals surface area contributed by atoms with Gasteiger partial charge in [0.25, 0.3) is 0 Å². The Hall–Kier alpha value is -0.630. The lowest BCUT2D eigenvalue weighted by Crippen LogP contribution is -2.43. The number of rotatable bonds is 12. The Morgan fingerprint density at radius 1 is 1.35 bits per heavy atom. The summed E-state index contributed by atoms with van der Waals surface area (Å²) in [5, 5.41) is 12.7. The highest BCUT2D eigenvalue weighted by Gasteiger charge is 2.26. The molecule has 0 aromatic heterocycles. The van der Waals surface area contributed by atoms with Crippen LogP contribution >= 0.6 is 0 Å². The Morgan fingerprint density at radius 3 is 2.65 bits per heavy atom. The van der Waals surface area contributed by atoms with Gasteiger partial charge in [0.05, 0.1) is 12.7 Å². The molecule has 0 aromatic carbocycles. The maximum absolute atomic E-state index is 9.36. The standard InChI is InChI=1S/C16H31N3O/c1-4-16(14-17,18-5-2)9-6-10-19(3)11-12-20-13-15-7-8-15/h15,18H,4-13H2,1-3H3. The second kappa shape index (κ2) is 9.33. The average Bonchev–Trinajstić information content (AvgIpc) is 3.27. The van der Waals surface area contributed by atoms with E-state index in [4.69, 9.17) is 4.74 Å². The Morgan fingerprint density at radius 2 is 2.10 bits per heavy atom. The highest BCUT2D eigenvalue weighted by Crippen LogP contribution is 2.28. The maximum Gasteiger partial charge on any atom is 0.106 e. The van der Waals surface area contributed by atoms with Gasteiger partial charge in [-0.05, 0) is 58.2 Å². The molecule has 0 heterocycles. The Labute approximate surface area is 124 Å². The maximum atomic E-state index is 9.36. The molecule has 1 saturated carbocycles. The van der Waals surface area contributed by atoms with Gasteiger partial charge in [0.1, 0.15) is 5.54 Å². The molecule has 4 heteroatoms. The first-order chi connectivity index (χ1) is 9.65. The van der Waals surface area contributed by atoms with Gasteiger partial charge in [-0.1, -0.05) is 13.8 Å². The normalized spacial score (nSPS) is 17.9. The third-order valence-corrected chi connectivity index (χ3v) is 4.14. The summed E-state index contributed by atoms with van der Waals surface area (Å²) in [7, 11) is 2.13. The number of nitriles is 1. The van der Waals surface area contributed by atoms with Crippen molar-refractivity contribution in [2.75, 3.05) is 39.9 Å². The van der Waals surface area contributed by atoms with E-state index in [9.17, 15) is 5.26 Å². The van der Waals surface area contributed by atoms with Crippen LogP contribution in [0.5, 0.6) is 0 Å². The van der Waals surface area contributed by atoms with E-state index in [2.05, 4.69) is 37.2 Å². The molecule has 0 saturated heterocycles. The lowest BCUT2D eigenvalue weighted by molar-refractivity contribution is 0.102. The molecular weight excluding hydrogens is 250 g/mol. The number of hydrogen-bond donors (Lipinski definition) is 1. The Kier molecular flexibility index (Phi) is 8.13. The Bertz CT molecular complexity index is 299. The smallest absolute Gasteiger partial charge is 0.106 e. The molecule has 1 aliphatic carbocycles. The molecule has 0 aliphatic heterocycles. The molecular formula is C16H31N3O. The van der Waals surface area contributed by atoms with Crippen molar-refractivity contribution < 1.29 is 4.74 Å². The van der Waals surface area contributed by atoms with Crippen molar-refractivity contribution in [3.8, 4) is 6.07 Å². The fraction of sp³-hybridized carbons (Fsp3) is 0.938. The molecule has 0 radical (unpaired) electrons. The minimum absolute atomic E-state index is 0.335. The minimum Gasteiger partial charge on any atom is -0.380 e. The van der Waals surface area contributed by atoms with Crippen LogP contribution in [0, 0.1) is 17.2 Å². The van der Waals surface area contributed by atoms with Crippen molar-refractivity contribution in [1.82, 2.24) is 10.2 Å². The molecule has 1 unspecified atom stereocenters. The number of nitrogens with one attached hydrogen (secondary N) is 1. The summed E-state index contributed by atoms with van der Waals surface area (Å²) in [6, 6.07) is 2.46. The predicted octanol–water partition coefficient (Wildman–Crippen LogP) is 2.41. The van der Waals surface area contributed by atoms with E-state index < -0.39 is 0 Å². The molecule has 0 bridgehead atoms. The molecule has 1 fully saturated rings. The SMILES string of the molecule is CCNC(C#N)(CC)CCCN(C)CCOCC1CC1. The van der Waals surface area contributed by atoms with Gasteiger partial charge < -0.3 is 9.64 Å². The quantitative estimate of drug-likeness (QED) is 0.558. The minimum atomic E-state index is -0.335. The topological polar surface area (TPSA) is 48.3 Å². The van der Waals surface area contributed by atoms with Crippen molar-refractivity contribution in [3.63, 3.8) is 0 Å². The van der Waals surface area contributed by atoms with Gasteiger partial charge in [0.2, 0.25) is 0 Å². The predicted molar refractivity (Wildman–Crippen MR) is 82.6 cm³/mol. The van der Waals surface area contributed by atoms with Crippen LogP contribution < -0.4 is 5.32 Å². The summed E-state index contributed by atoms with van der Waals surface area (Å²) < 4.78 is 5.65. The summed E-state index contributed by atoms with van der Waals surface area (Å²) in [5.74, 6) is 0.848. The first kappa shape index (κ1) is 17.4. The van der Waals surface area contributed by atoms with Gasteiger partial charge >= 0.3 is 0 Å². The van der Waals surface area contributed by atoms with Crippen molar-refractivity contribution in [1.29, 1.82) is 5.26 Å². The van der Waals surface area contributed by atoms with Crippen molar-refractivity contribution >= 4 is 0 Å². The average molecular weight is 281 g/mol. The van der Waals surface area contributed by atoms with E-state index in [1.54, 1.807) is 0 Å². The van der Waals surface area contributed by atoms with Crippen molar-refractivity contribution in [3.05, 3.63) is 0 Å². The summed E-state index contributed by atoms with van der Waals surface area (Å²) in [5.41, 5.74) is -0.335. The van der Waals surface area contributed by atoms with Gasteiger partial charge in [-0.3, -0.25) is 5.32 Å². The van der Waals surface area contributed by atoms with Gasteiger partial charge in [0.15, 0.2) is 0 Å². The van der Waals surface area contributed by atoms with Crippen molar-refractivity contribution in [2.45, 2.75) is 51.5 Å². The molecule has 4 nitrogen and oxygen atoms in total. The zero-order valence-electron chi connectivity index (χ0n) is 13.5. The van der Waals surface area contributed by atoms with Crippen LogP contribution in [-0.2, 0) is 4.74 Å². The second-order valence-corrected chi connectivity index (χ2v) is 6.00. The third kappa shape index (κ3) is 6.69. The van der Waals surface area contributed by atoms with Crippen LogP contribution in [0.2, 0.25) is 0 Å². The first-order valence-electron chi connectivity index (χ1n) is 8.08. The van der Waals surface area contributed by atoms with Gasteiger partial charge in [-0.2, -0.15) is 5.26 Å². The van der Waals surface area contributed by atoms with E-state index >= 15 is 0 Å². The molecule has 1 atom stereocenters. The van der Waals surface area contributed by atoms with Crippen LogP contribution in [0.4, 0.5) is 0 Å². The van der Waals surface area contributed by atoms with Crippen LogP contribution in [0.15, 0.2) is 0 Å². The monoisotopic (exact) mass is 281 g/mol. The number of likely N-dealkylation sites (N-methyl/N-ethyl adjacent to an activating group) is 1. The van der Waals surface area contributed by atoms with Crippen LogP contribution in [0.3, 0.4) is 0 Å². The Balaban J connectivity index is 2.09. The van der Waals surface area contributed by atoms with Crippen LogP contribution in [0.25, 0.3) is 0 Å². The molecule has 0 spiro atoms. The van der Waals surface area contributed by atoms with E-state index in [1.807, 2.05) is 0 Å².